The Labute approximate surface area is 153 Å². The van der Waals surface area contributed by atoms with Gasteiger partial charge < -0.3 is 10.0 Å². The summed E-state index contributed by atoms with van der Waals surface area (Å²) in [6.45, 7) is 10.5. The van der Waals surface area contributed by atoms with Gasteiger partial charge in [-0.3, -0.25) is 4.79 Å². The summed E-state index contributed by atoms with van der Waals surface area (Å²) in [7, 11) is 1.80. The van der Waals surface area contributed by atoms with Gasteiger partial charge in [0.2, 0.25) is 5.91 Å². The first-order chi connectivity index (χ1) is 11.8. The minimum absolute atomic E-state index is 0.0566. The van der Waals surface area contributed by atoms with Crippen molar-refractivity contribution in [3.05, 3.63) is 48.0 Å². The van der Waals surface area contributed by atoms with Crippen molar-refractivity contribution in [1.82, 2.24) is 4.90 Å². The number of carbonyl (C=O) groups is 1. The molecule has 0 aromatic heterocycles. The zero-order valence-corrected chi connectivity index (χ0v) is 16.6. The molecule has 0 bridgehead atoms. The van der Waals surface area contributed by atoms with E-state index in [2.05, 4.69) is 39.8 Å². The zero-order chi connectivity index (χ0) is 19.0. The molecule has 0 saturated carbocycles. The zero-order valence-electron chi connectivity index (χ0n) is 16.6. The molecule has 3 atom stereocenters. The molecule has 1 N–H and O–H groups in total. The van der Waals surface area contributed by atoms with Crippen LogP contribution in [0, 0.1) is 17.8 Å². The number of amides is 1. The van der Waals surface area contributed by atoms with E-state index in [1.807, 2.05) is 37.3 Å². The number of carbonyl (C=O) groups excluding carboxylic acids is 1. The van der Waals surface area contributed by atoms with E-state index in [1.165, 1.54) is 0 Å². The van der Waals surface area contributed by atoms with Gasteiger partial charge in [0.25, 0.3) is 0 Å². The lowest BCUT2D eigenvalue weighted by Crippen LogP contribution is -2.43. The third kappa shape index (κ3) is 6.66. The average molecular weight is 346 g/mol. The van der Waals surface area contributed by atoms with Gasteiger partial charge in [-0.25, -0.2) is 0 Å². The van der Waals surface area contributed by atoms with Gasteiger partial charge >= 0.3 is 0 Å². The Morgan fingerprint density at radius 3 is 2.12 bits per heavy atom. The summed E-state index contributed by atoms with van der Waals surface area (Å²) in [5.74, 6) is 0.943. The van der Waals surface area contributed by atoms with Crippen LogP contribution in [-0.2, 0) is 4.79 Å². The van der Waals surface area contributed by atoms with Crippen molar-refractivity contribution in [2.24, 2.45) is 17.8 Å². The molecule has 0 unspecified atom stereocenters. The van der Waals surface area contributed by atoms with E-state index in [1.54, 1.807) is 11.9 Å². The van der Waals surface area contributed by atoms with Gasteiger partial charge in [0.1, 0.15) is 0 Å². The maximum Gasteiger partial charge on any atom is 0.226 e. The van der Waals surface area contributed by atoms with Crippen LogP contribution in [0.15, 0.2) is 42.5 Å². The van der Waals surface area contributed by atoms with Gasteiger partial charge in [-0.05, 0) is 37.2 Å². The summed E-state index contributed by atoms with van der Waals surface area (Å²) in [5.41, 5.74) is 0.840. The van der Waals surface area contributed by atoms with Crippen molar-refractivity contribution in [2.45, 2.75) is 59.6 Å². The monoisotopic (exact) mass is 345 g/mol. The molecule has 0 spiro atoms. The lowest BCUT2D eigenvalue weighted by Gasteiger charge is -2.33. The van der Waals surface area contributed by atoms with Gasteiger partial charge in [0.05, 0.1) is 12.1 Å². The first kappa shape index (κ1) is 21.4. The lowest BCUT2D eigenvalue weighted by molar-refractivity contribution is -0.139. The van der Waals surface area contributed by atoms with Crippen molar-refractivity contribution in [2.75, 3.05) is 7.05 Å². The van der Waals surface area contributed by atoms with Gasteiger partial charge in [-0.15, -0.1) is 0 Å². The number of allylic oxidation sites excluding steroid dienone is 2. The molecule has 140 valence electrons. The topological polar surface area (TPSA) is 40.5 Å². The molecule has 1 aromatic carbocycles. The first-order valence-electron chi connectivity index (χ1n) is 9.40. The van der Waals surface area contributed by atoms with Crippen LogP contribution in [0.5, 0.6) is 0 Å². The van der Waals surface area contributed by atoms with Crippen LogP contribution in [0.1, 0.15) is 59.1 Å². The second-order valence-corrected chi connectivity index (χ2v) is 7.73. The molecular formula is C22H35NO2. The summed E-state index contributed by atoms with van der Waals surface area (Å²) in [4.78, 5) is 14.7. The highest BCUT2D eigenvalue weighted by molar-refractivity contribution is 5.79. The van der Waals surface area contributed by atoms with Crippen LogP contribution < -0.4 is 0 Å². The molecule has 0 fully saturated rings. The van der Waals surface area contributed by atoms with E-state index in [0.29, 0.717) is 5.92 Å². The highest BCUT2D eigenvalue weighted by Gasteiger charge is 2.30. The molecule has 1 amide bonds. The van der Waals surface area contributed by atoms with E-state index < -0.39 is 6.10 Å². The van der Waals surface area contributed by atoms with Crippen molar-refractivity contribution in [1.29, 1.82) is 0 Å². The standard InChI is InChI=1S/C22H35NO2/c1-16(2)12-10-11-15-20(17(3)4)22(25)23(6)18(5)21(24)19-13-8-7-9-14-19/h7-11,13-14,16-18,20-21,24H,12,15H2,1-6H3/b11-10+/t18-,20-,21+/m0/s1. The number of hydrogen-bond donors (Lipinski definition) is 1. The molecule has 0 aliphatic heterocycles. The second kappa shape index (κ2) is 10.4. The molecule has 3 nitrogen and oxygen atoms in total. The summed E-state index contributed by atoms with van der Waals surface area (Å²) in [6, 6.07) is 9.26. The van der Waals surface area contributed by atoms with Gasteiger partial charge in [-0.2, -0.15) is 0 Å². The largest absolute Gasteiger partial charge is 0.386 e. The molecule has 0 heterocycles. The minimum Gasteiger partial charge on any atom is -0.386 e. The number of hydrogen-bond acceptors (Lipinski definition) is 2. The SMILES string of the molecule is CC(C)C/C=C/C[C@H](C(=O)N(C)[C@@H](C)[C@@H](O)c1ccccc1)C(C)C. The Bertz CT molecular complexity index is 536. The molecule has 1 aromatic rings. The van der Waals surface area contributed by atoms with E-state index in [9.17, 15) is 9.90 Å². The number of benzene rings is 1. The van der Waals surface area contributed by atoms with Gasteiger partial charge in [0, 0.05) is 13.0 Å². The molecule has 25 heavy (non-hydrogen) atoms. The van der Waals surface area contributed by atoms with Crippen LogP contribution in [0.4, 0.5) is 0 Å². The number of aliphatic hydroxyl groups is 1. The fourth-order valence-corrected chi connectivity index (χ4v) is 2.87. The fraction of sp³-hybridized carbons (Fsp3) is 0.591. The number of rotatable bonds is 9. The highest BCUT2D eigenvalue weighted by Crippen LogP contribution is 2.24. The Morgan fingerprint density at radius 2 is 1.60 bits per heavy atom. The quantitative estimate of drug-likeness (QED) is 0.651. The Balaban J connectivity index is 2.77. The van der Waals surface area contributed by atoms with Gasteiger partial charge in [-0.1, -0.05) is 70.2 Å². The van der Waals surface area contributed by atoms with Crippen LogP contribution in [0.25, 0.3) is 0 Å². The van der Waals surface area contributed by atoms with Gasteiger partial charge in [0.15, 0.2) is 0 Å². The summed E-state index contributed by atoms with van der Waals surface area (Å²) >= 11 is 0. The third-order valence-electron chi connectivity index (χ3n) is 4.84. The lowest BCUT2D eigenvalue weighted by atomic mass is 9.89. The molecule has 0 saturated heterocycles. The summed E-state index contributed by atoms with van der Waals surface area (Å²) in [5, 5.41) is 10.6. The third-order valence-corrected chi connectivity index (χ3v) is 4.84. The molecular weight excluding hydrogens is 310 g/mol. The normalized spacial score (nSPS) is 15.6. The number of nitrogens with zero attached hydrogens (tertiary/aromatic N) is 1. The summed E-state index contributed by atoms with van der Waals surface area (Å²) in [6.07, 6.45) is 5.42. The van der Waals surface area contributed by atoms with E-state index in [4.69, 9.17) is 0 Å². The van der Waals surface area contributed by atoms with Crippen LogP contribution in [-0.4, -0.2) is 29.0 Å². The van der Waals surface area contributed by atoms with Crippen molar-refractivity contribution >= 4 is 5.91 Å². The Hall–Kier alpha value is -1.61. The van der Waals surface area contributed by atoms with Crippen LogP contribution in [0.3, 0.4) is 0 Å². The van der Waals surface area contributed by atoms with Crippen LogP contribution >= 0.6 is 0 Å². The minimum atomic E-state index is -0.681. The Morgan fingerprint density at radius 1 is 1.04 bits per heavy atom. The van der Waals surface area contributed by atoms with Crippen LogP contribution in [0.2, 0.25) is 0 Å². The molecule has 3 heteroatoms. The molecule has 0 aliphatic carbocycles. The number of aliphatic hydroxyl groups excluding tert-OH is 1. The smallest absolute Gasteiger partial charge is 0.226 e. The second-order valence-electron chi connectivity index (χ2n) is 7.73. The van der Waals surface area contributed by atoms with Crippen molar-refractivity contribution in [3.8, 4) is 0 Å². The summed E-state index contributed by atoms with van der Waals surface area (Å²) < 4.78 is 0. The maximum absolute atomic E-state index is 13.0. The number of likely N-dealkylation sites (N-methyl/N-ethyl adjacent to an activating group) is 1. The first-order valence-corrected chi connectivity index (χ1v) is 9.40. The predicted molar refractivity (Wildman–Crippen MR) is 105 cm³/mol. The molecule has 0 radical (unpaired) electrons. The molecule has 1 rings (SSSR count). The van der Waals surface area contributed by atoms with E-state index >= 15 is 0 Å². The fourth-order valence-electron chi connectivity index (χ4n) is 2.87. The Kier molecular flexibility index (Phi) is 8.91. The van der Waals surface area contributed by atoms with E-state index in [-0.39, 0.29) is 23.8 Å². The van der Waals surface area contributed by atoms with Crippen molar-refractivity contribution < 1.29 is 9.90 Å². The maximum atomic E-state index is 13.0. The van der Waals surface area contributed by atoms with E-state index in [0.717, 1.165) is 18.4 Å². The highest BCUT2D eigenvalue weighted by atomic mass is 16.3. The average Bonchev–Trinajstić information content (AvgIpc) is 2.59. The van der Waals surface area contributed by atoms with Crippen molar-refractivity contribution in [3.63, 3.8) is 0 Å². The molecule has 0 aliphatic rings. The predicted octanol–water partition coefficient (Wildman–Crippen LogP) is 4.83.